The normalized spacial score (nSPS) is 10.5. The number of benzene rings is 1. The predicted molar refractivity (Wildman–Crippen MR) is 77.3 cm³/mol. The van der Waals surface area contributed by atoms with Crippen LogP contribution in [-0.4, -0.2) is 27.4 Å². The highest BCUT2D eigenvalue weighted by molar-refractivity contribution is 5.64. The van der Waals surface area contributed by atoms with Gasteiger partial charge in [0, 0.05) is 23.4 Å². The van der Waals surface area contributed by atoms with Gasteiger partial charge in [-0.05, 0) is 39.3 Å². The summed E-state index contributed by atoms with van der Waals surface area (Å²) in [6, 6.07) is 2.70. The largest absolute Gasteiger partial charge is 0.508 e. The molecule has 0 atom stereocenters. The van der Waals surface area contributed by atoms with Crippen LogP contribution in [0.25, 0.3) is 11.1 Å². The number of aromatic nitrogens is 2. The fraction of sp³-hybridized carbons (Fsp3) is 0.333. The molecule has 0 aliphatic heterocycles. The summed E-state index contributed by atoms with van der Waals surface area (Å²) in [6.45, 7) is 7.64. The Labute approximate surface area is 122 Å². The molecule has 0 saturated carbocycles. The van der Waals surface area contributed by atoms with Crippen molar-refractivity contribution >= 4 is 6.47 Å². The summed E-state index contributed by atoms with van der Waals surface area (Å²) in [5.74, 6) is -0.482. The summed E-state index contributed by atoms with van der Waals surface area (Å²) < 4.78 is 17.9. The van der Waals surface area contributed by atoms with Gasteiger partial charge in [-0.3, -0.25) is 9.89 Å². The summed E-state index contributed by atoms with van der Waals surface area (Å²) in [6.07, 6.45) is 3.14. The predicted octanol–water partition coefficient (Wildman–Crippen LogP) is 3.19. The molecule has 2 rings (SSSR count). The quantitative estimate of drug-likeness (QED) is 0.834. The van der Waals surface area contributed by atoms with E-state index < -0.39 is 5.82 Å². The first-order chi connectivity index (χ1) is 9.74. The van der Waals surface area contributed by atoms with E-state index in [1.54, 1.807) is 19.2 Å². The molecule has 1 aromatic carbocycles. The van der Waals surface area contributed by atoms with Crippen LogP contribution >= 0.6 is 0 Å². The first-order valence-electron chi connectivity index (χ1n) is 6.34. The number of aromatic hydroxyl groups is 1. The van der Waals surface area contributed by atoms with Crippen LogP contribution in [0.1, 0.15) is 26.3 Å². The minimum Gasteiger partial charge on any atom is -0.508 e. The Balaban J connectivity index is 0.000000270. The third kappa shape index (κ3) is 5.25. The third-order valence-corrected chi connectivity index (χ3v) is 2.50. The Bertz CT molecular complexity index is 590. The topological polar surface area (TPSA) is 75.2 Å². The number of rotatable bonds is 2. The zero-order valence-corrected chi connectivity index (χ0v) is 12.5. The van der Waals surface area contributed by atoms with Crippen molar-refractivity contribution in [3.8, 4) is 16.9 Å². The highest BCUT2D eigenvalue weighted by atomic mass is 19.1. The Morgan fingerprint density at radius 3 is 2.48 bits per heavy atom. The van der Waals surface area contributed by atoms with Crippen LogP contribution in [0.15, 0.2) is 24.5 Å². The SMILES string of the molecule is CC(C)(C)OC=O.Cc1cc(-c2cn[nH]c2)c(F)cc1O. The summed E-state index contributed by atoms with van der Waals surface area (Å²) >= 11 is 0. The van der Waals surface area contributed by atoms with E-state index in [1.165, 1.54) is 6.20 Å². The van der Waals surface area contributed by atoms with Gasteiger partial charge >= 0.3 is 0 Å². The van der Waals surface area contributed by atoms with Gasteiger partial charge in [0.05, 0.1) is 6.20 Å². The van der Waals surface area contributed by atoms with Gasteiger partial charge in [-0.1, -0.05) is 0 Å². The van der Waals surface area contributed by atoms with E-state index >= 15 is 0 Å². The fourth-order valence-electron chi connectivity index (χ4n) is 1.43. The highest BCUT2D eigenvalue weighted by Gasteiger charge is 2.09. The summed E-state index contributed by atoms with van der Waals surface area (Å²) in [7, 11) is 0. The summed E-state index contributed by atoms with van der Waals surface area (Å²) in [5.41, 5.74) is 1.43. The van der Waals surface area contributed by atoms with E-state index in [0.29, 0.717) is 23.2 Å². The molecule has 0 amide bonds. The standard InChI is InChI=1S/C10H9FN2O.C5H10O2/c1-6-2-8(7-4-12-13-5-7)9(11)3-10(6)14;1-5(2,3)7-4-6/h2-5,14H,1H3,(H,12,13);4H,1-3H3. The van der Waals surface area contributed by atoms with Crippen molar-refractivity contribution in [3.05, 3.63) is 35.9 Å². The van der Waals surface area contributed by atoms with Crippen LogP contribution in [0, 0.1) is 12.7 Å². The average molecular weight is 294 g/mol. The smallest absolute Gasteiger partial charge is 0.293 e. The Morgan fingerprint density at radius 1 is 1.38 bits per heavy atom. The lowest BCUT2D eigenvalue weighted by atomic mass is 10.1. The van der Waals surface area contributed by atoms with Crippen LogP contribution in [0.4, 0.5) is 4.39 Å². The van der Waals surface area contributed by atoms with E-state index in [0.717, 1.165) is 6.07 Å². The molecule has 6 heteroatoms. The molecule has 1 heterocycles. The number of nitrogens with one attached hydrogen (secondary N) is 1. The number of hydrogen-bond acceptors (Lipinski definition) is 4. The number of phenolic OH excluding ortho intramolecular Hbond substituents is 1. The van der Waals surface area contributed by atoms with E-state index in [-0.39, 0.29) is 11.4 Å². The summed E-state index contributed by atoms with van der Waals surface area (Å²) in [5, 5.41) is 15.6. The number of aromatic amines is 1. The van der Waals surface area contributed by atoms with Gasteiger partial charge in [0.25, 0.3) is 6.47 Å². The maximum atomic E-state index is 13.4. The molecule has 2 aromatic rings. The van der Waals surface area contributed by atoms with Crippen molar-refractivity contribution in [3.63, 3.8) is 0 Å². The molecule has 0 aliphatic rings. The first-order valence-corrected chi connectivity index (χ1v) is 6.34. The van der Waals surface area contributed by atoms with Gasteiger partial charge in [-0.15, -0.1) is 0 Å². The van der Waals surface area contributed by atoms with Crippen molar-refractivity contribution in [2.24, 2.45) is 0 Å². The molecule has 0 spiro atoms. The first kappa shape index (κ1) is 16.7. The second-order valence-corrected chi connectivity index (χ2v) is 5.43. The molecule has 0 saturated heterocycles. The van der Waals surface area contributed by atoms with Gasteiger partial charge in [0.1, 0.15) is 17.2 Å². The number of ether oxygens (including phenoxy) is 1. The number of carbonyl (C=O) groups excluding carboxylic acids is 1. The number of halogens is 1. The number of phenols is 1. The molecule has 0 radical (unpaired) electrons. The molecule has 2 N–H and O–H groups in total. The monoisotopic (exact) mass is 294 g/mol. The van der Waals surface area contributed by atoms with E-state index in [1.807, 2.05) is 20.8 Å². The Hall–Kier alpha value is -2.37. The Morgan fingerprint density at radius 2 is 2.05 bits per heavy atom. The maximum Gasteiger partial charge on any atom is 0.293 e. The van der Waals surface area contributed by atoms with Gasteiger partial charge in [-0.25, -0.2) is 4.39 Å². The van der Waals surface area contributed by atoms with Crippen molar-refractivity contribution in [1.82, 2.24) is 10.2 Å². The molecular formula is C15H19FN2O3. The van der Waals surface area contributed by atoms with E-state index in [9.17, 15) is 14.3 Å². The number of H-pyrrole nitrogens is 1. The highest BCUT2D eigenvalue weighted by Crippen LogP contribution is 2.27. The second-order valence-electron chi connectivity index (χ2n) is 5.43. The molecule has 21 heavy (non-hydrogen) atoms. The summed E-state index contributed by atoms with van der Waals surface area (Å²) in [4.78, 5) is 9.60. The third-order valence-electron chi connectivity index (χ3n) is 2.50. The Kier molecular flexibility index (Phi) is 5.46. The number of carbonyl (C=O) groups is 1. The van der Waals surface area contributed by atoms with Gasteiger partial charge < -0.3 is 9.84 Å². The fourth-order valence-corrected chi connectivity index (χ4v) is 1.43. The zero-order chi connectivity index (χ0) is 16.0. The number of aryl methyl sites for hydroxylation is 1. The molecular weight excluding hydrogens is 275 g/mol. The van der Waals surface area contributed by atoms with Crippen molar-refractivity contribution in [2.75, 3.05) is 0 Å². The lowest BCUT2D eigenvalue weighted by molar-refractivity contribution is -0.138. The van der Waals surface area contributed by atoms with Crippen LogP contribution in [0.5, 0.6) is 5.75 Å². The average Bonchev–Trinajstić information content (AvgIpc) is 2.86. The second kappa shape index (κ2) is 6.88. The molecule has 114 valence electrons. The van der Waals surface area contributed by atoms with Crippen molar-refractivity contribution < 1.29 is 19.0 Å². The van der Waals surface area contributed by atoms with Gasteiger partial charge in [0.15, 0.2) is 0 Å². The molecule has 0 aliphatic carbocycles. The van der Waals surface area contributed by atoms with Crippen molar-refractivity contribution in [1.29, 1.82) is 0 Å². The molecule has 1 aromatic heterocycles. The van der Waals surface area contributed by atoms with E-state index in [4.69, 9.17) is 0 Å². The van der Waals surface area contributed by atoms with Gasteiger partial charge in [-0.2, -0.15) is 5.10 Å². The van der Waals surface area contributed by atoms with Crippen LogP contribution in [0.3, 0.4) is 0 Å². The maximum absolute atomic E-state index is 13.4. The lowest BCUT2D eigenvalue weighted by Gasteiger charge is -2.14. The molecule has 0 unspecified atom stereocenters. The minimum absolute atomic E-state index is 0.0326. The van der Waals surface area contributed by atoms with Crippen LogP contribution in [-0.2, 0) is 9.53 Å². The van der Waals surface area contributed by atoms with Gasteiger partial charge in [0.2, 0.25) is 0 Å². The van der Waals surface area contributed by atoms with Crippen molar-refractivity contribution in [2.45, 2.75) is 33.3 Å². The number of nitrogens with zero attached hydrogens (tertiary/aromatic N) is 1. The van der Waals surface area contributed by atoms with E-state index in [2.05, 4.69) is 14.9 Å². The number of hydrogen-bond donors (Lipinski definition) is 2. The van der Waals surface area contributed by atoms with Crippen LogP contribution < -0.4 is 0 Å². The minimum atomic E-state index is -0.450. The van der Waals surface area contributed by atoms with Crippen LogP contribution in [0.2, 0.25) is 0 Å². The molecule has 0 bridgehead atoms. The molecule has 5 nitrogen and oxygen atoms in total. The lowest BCUT2D eigenvalue weighted by Crippen LogP contribution is -2.17. The zero-order valence-electron chi connectivity index (χ0n) is 12.5. The molecule has 0 fully saturated rings.